The Hall–Kier alpha value is -1.35. The van der Waals surface area contributed by atoms with E-state index in [1.807, 2.05) is 0 Å². The van der Waals surface area contributed by atoms with Gasteiger partial charge in [-0.2, -0.15) is 0 Å². The van der Waals surface area contributed by atoms with Crippen molar-refractivity contribution in [3.05, 3.63) is 34.8 Å². The third-order valence-electron chi connectivity index (χ3n) is 3.40. The Morgan fingerprint density at radius 2 is 1.89 bits per heavy atom. The fraction of sp³-hybridized carbons (Fsp3) is 0.400. The van der Waals surface area contributed by atoms with Crippen molar-refractivity contribution in [2.75, 3.05) is 5.73 Å². The molecule has 0 atom stereocenters. The first-order chi connectivity index (χ1) is 8.65. The lowest BCUT2D eigenvalue weighted by molar-refractivity contribution is 0.853. The van der Waals surface area contributed by atoms with Gasteiger partial charge in [-0.3, -0.25) is 0 Å². The number of nitrogens with zero attached hydrogens (tertiary/aromatic N) is 1. The predicted octanol–water partition coefficient (Wildman–Crippen LogP) is 4.39. The molecule has 18 heavy (non-hydrogen) atoms. The van der Waals surface area contributed by atoms with Crippen molar-refractivity contribution >= 4 is 16.3 Å². The third kappa shape index (κ3) is 2.15. The smallest absolute Gasteiger partial charge is 0.114 e. The van der Waals surface area contributed by atoms with Crippen LogP contribution in [0, 0.1) is 0 Å². The molecule has 0 radical (unpaired) electrons. The van der Waals surface area contributed by atoms with E-state index < -0.39 is 0 Å². The van der Waals surface area contributed by atoms with Crippen molar-refractivity contribution in [2.45, 2.75) is 38.5 Å². The number of benzene rings is 1. The van der Waals surface area contributed by atoms with Gasteiger partial charge in [0.1, 0.15) is 10.7 Å². The van der Waals surface area contributed by atoms with E-state index in [1.165, 1.54) is 18.4 Å². The Labute approximate surface area is 112 Å². The van der Waals surface area contributed by atoms with E-state index in [0.29, 0.717) is 5.92 Å². The van der Waals surface area contributed by atoms with Gasteiger partial charge >= 0.3 is 0 Å². The molecule has 0 aliphatic heterocycles. The molecule has 0 unspecified atom stereocenters. The second-order valence-corrected chi connectivity index (χ2v) is 6.38. The number of anilines is 1. The number of nitrogens with two attached hydrogens (primary N) is 1. The van der Waals surface area contributed by atoms with Gasteiger partial charge in [0.05, 0.1) is 5.01 Å². The second-order valence-electron chi connectivity index (χ2n) is 5.32. The summed E-state index contributed by atoms with van der Waals surface area (Å²) in [6, 6.07) is 8.76. The molecular weight excluding hydrogens is 240 g/mol. The quantitative estimate of drug-likeness (QED) is 0.886. The highest BCUT2D eigenvalue weighted by atomic mass is 32.1. The summed E-state index contributed by atoms with van der Waals surface area (Å²) in [7, 11) is 0. The molecule has 0 amide bonds. The monoisotopic (exact) mass is 258 g/mol. The summed E-state index contributed by atoms with van der Waals surface area (Å²) in [4.78, 5) is 4.66. The zero-order valence-corrected chi connectivity index (χ0v) is 11.6. The van der Waals surface area contributed by atoms with Gasteiger partial charge in [0.15, 0.2) is 0 Å². The van der Waals surface area contributed by atoms with Crippen LogP contribution in [-0.2, 0) is 0 Å². The van der Waals surface area contributed by atoms with Crippen molar-refractivity contribution < 1.29 is 0 Å². The van der Waals surface area contributed by atoms with E-state index >= 15 is 0 Å². The molecule has 3 rings (SSSR count). The molecular formula is C15H18N2S. The van der Waals surface area contributed by atoms with Gasteiger partial charge in [-0.1, -0.05) is 38.1 Å². The van der Waals surface area contributed by atoms with Crippen LogP contribution in [0.1, 0.15) is 49.1 Å². The van der Waals surface area contributed by atoms with Crippen LogP contribution in [-0.4, -0.2) is 4.98 Å². The maximum atomic E-state index is 6.08. The van der Waals surface area contributed by atoms with E-state index in [4.69, 9.17) is 5.73 Å². The zero-order valence-electron chi connectivity index (χ0n) is 10.8. The normalized spacial score (nSPS) is 15.3. The Morgan fingerprint density at radius 1 is 1.22 bits per heavy atom. The van der Waals surface area contributed by atoms with Gasteiger partial charge in [-0.25, -0.2) is 4.98 Å². The van der Waals surface area contributed by atoms with E-state index in [1.54, 1.807) is 11.3 Å². The molecule has 0 saturated heterocycles. The highest BCUT2D eigenvalue weighted by Gasteiger charge is 2.23. The van der Waals surface area contributed by atoms with Crippen LogP contribution >= 0.6 is 11.3 Å². The second kappa shape index (κ2) is 4.39. The highest BCUT2D eigenvalue weighted by Crippen LogP contribution is 2.41. The summed E-state index contributed by atoms with van der Waals surface area (Å²) in [5, 5.41) is 1.95. The summed E-state index contributed by atoms with van der Waals surface area (Å²) in [5.41, 5.74) is 9.62. The summed E-state index contributed by atoms with van der Waals surface area (Å²) in [5.74, 6) is 1.25. The van der Waals surface area contributed by atoms with Gasteiger partial charge < -0.3 is 5.73 Å². The highest BCUT2D eigenvalue weighted by molar-refractivity contribution is 7.16. The van der Waals surface area contributed by atoms with Crippen LogP contribution < -0.4 is 5.73 Å². The molecule has 94 valence electrons. The van der Waals surface area contributed by atoms with E-state index in [0.717, 1.165) is 27.2 Å². The minimum atomic E-state index is 0.441. The van der Waals surface area contributed by atoms with Crippen LogP contribution in [0.25, 0.3) is 11.3 Å². The molecule has 1 aromatic heterocycles. The maximum absolute atomic E-state index is 6.08. The fourth-order valence-electron chi connectivity index (χ4n) is 2.13. The first-order valence-electron chi connectivity index (χ1n) is 6.51. The summed E-state index contributed by atoms with van der Waals surface area (Å²) in [6.07, 6.45) is 2.69. The first kappa shape index (κ1) is 11.7. The number of hydrogen-bond donors (Lipinski definition) is 1. The van der Waals surface area contributed by atoms with Crippen LogP contribution in [0.15, 0.2) is 24.3 Å². The largest absolute Gasteiger partial charge is 0.389 e. The van der Waals surface area contributed by atoms with E-state index in [9.17, 15) is 0 Å². The number of hydrogen-bond acceptors (Lipinski definition) is 3. The topological polar surface area (TPSA) is 38.9 Å². The fourth-order valence-corrected chi connectivity index (χ4v) is 2.99. The minimum Gasteiger partial charge on any atom is -0.389 e. The Bertz CT molecular complexity index is 550. The van der Waals surface area contributed by atoms with Crippen molar-refractivity contribution in [1.82, 2.24) is 4.98 Å². The number of thiazole rings is 1. The third-order valence-corrected chi connectivity index (χ3v) is 4.58. The summed E-state index contributed by atoms with van der Waals surface area (Å²) in [6.45, 7) is 4.30. The predicted molar refractivity (Wildman–Crippen MR) is 78.0 cm³/mol. The molecule has 2 N–H and O–H groups in total. The van der Waals surface area contributed by atoms with Crippen LogP contribution in [0.2, 0.25) is 0 Å². The van der Waals surface area contributed by atoms with Crippen LogP contribution in [0.4, 0.5) is 5.00 Å². The van der Waals surface area contributed by atoms with Crippen molar-refractivity contribution in [3.8, 4) is 11.3 Å². The maximum Gasteiger partial charge on any atom is 0.114 e. The summed E-state index contributed by atoms with van der Waals surface area (Å²) >= 11 is 1.61. The molecule has 1 fully saturated rings. The van der Waals surface area contributed by atoms with Gasteiger partial charge in [-0.15, -0.1) is 11.3 Å². The van der Waals surface area contributed by atoms with Gasteiger partial charge in [0.25, 0.3) is 0 Å². The van der Waals surface area contributed by atoms with Crippen LogP contribution in [0.3, 0.4) is 0 Å². The Kier molecular flexibility index (Phi) is 2.86. The van der Waals surface area contributed by atoms with Gasteiger partial charge in [0.2, 0.25) is 0 Å². The molecule has 1 saturated carbocycles. The number of rotatable bonds is 3. The lowest BCUT2D eigenvalue weighted by atomic mass is 10.1. The molecule has 1 heterocycles. The SMILES string of the molecule is CC(C)c1nc(-c2ccc(C3CC3)cc2)c(N)s1. The standard InChI is InChI=1S/C15H18N2S/c1-9(2)15-17-13(14(16)18-15)12-7-5-11(6-8-12)10-3-4-10/h5-10H,3-4,16H2,1-2H3. The Balaban J connectivity index is 1.93. The molecule has 0 spiro atoms. The zero-order chi connectivity index (χ0) is 12.7. The lowest BCUT2D eigenvalue weighted by Gasteiger charge is -2.01. The van der Waals surface area contributed by atoms with Crippen molar-refractivity contribution in [3.63, 3.8) is 0 Å². The van der Waals surface area contributed by atoms with Gasteiger partial charge in [0, 0.05) is 11.5 Å². The minimum absolute atomic E-state index is 0.441. The average Bonchev–Trinajstić information content (AvgIpc) is 3.13. The molecule has 1 aromatic carbocycles. The van der Waals surface area contributed by atoms with Crippen molar-refractivity contribution in [1.29, 1.82) is 0 Å². The molecule has 1 aliphatic carbocycles. The molecule has 1 aliphatic rings. The van der Waals surface area contributed by atoms with Gasteiger partial charge in [-0.05, 0) is 24.3 Å². The van der Waals surface area contributed by atoms with E-state index in [-0.39, 0.29) is 0 Å². The molecule has 3 heteroatoms. The van der Waals surface area contributed by atoms with E-state index in [2.05, 4.69) is 43.1 Å². The van der Waals surface area contributed by atoms with Crippen LogP contribution in [0.5, 0.6) is 0 Å². The first-order valence-corrected chi connectivity index (χ1v) is 7.33. The summed E-state index contributed by atoms with van der Waals surface area (Å²) < 4.78 is 0. The van der Waals surface area contributed by atoms with Crippen molar-refractivity contribution in [2.24, 2.45) is 0 Å². The average molecular weight is 258 g/mol. The molecule has 0 bridgehead atoms. The lowest BCUT2D eigenvalue weighted by Crippen LogP contribution is -1.88. The molecule has 2 nitrogen and oxygen atoms in total. The Morgan fingerprint density at radius 3 is 2.39 bits per heavy atom. The number of nitrogen functional groups attached to an aromatic ring is 1. The number of aromatic nitrogens is 1. The molecule has 2 aromatic rings.